The molecule has 4 nitrogen and oxygen atoms in total. The van der Waals surface area contributed by atoms with E-state index >= 15 is 0 Å². The maximum absolute atomic E-state index is 8.28. The van der Waals surface area contributed by atoms with Crippen LogP contribution in [0.25, 0.3) is 0 Å². The van der Waals surface area contributed by atoms with Gasteiger partial charge in [0.2, 0.25) is 0 Å². The van der Waals surface area contributed by atoms with Crippen LogP contribution in [0.2, 0.25) is 0 Å². The molecule has 0 radical (unpaired) electrons. The topological polar surface area (TPSA) is 63.5 Å². The average molecular weight is 153 g/mol. The minimum Gasteiger partial charge on any atom is -0.409 e. The molecule has 0 saturated carbocycles. The number of aryl methyl sites for hydroxylation is 1. The Balaban J connectivity index is 2.72. The van der Waals surface area contributed by atoms with Crippen molar-refractivity contribution in [3.05, 3.63) is 24.0 Å². The Morgan fingerprint density at radius 3 is 3.00 bits per heavy atom. The Hall–Kier alpha value is -1.45. The van der Waals surface area contributed by atoms with E-state index in [-0.39, 0.29) is 5.84 Å². The molecule has 0 spiro atoms. The summed E-state index contributed by atoms with van der Waals surface area (Å²) in [5.74, 6) is 0.229. The van der Waals surface area contributed by atoms with E-state index in [9.17, 15) is 0 Å². The molecule has 1 heterocycles. The summed E-state index contributed by atoms with van der Waals surface area (Å²) in [6.07, 6.45) is 2.40. The molecule has 0 aliphatic rings. The highest BCUT2D eigenvalue weighted by Gasteiger charge is 1.99. The molecular formula is C7H11N3O. The second kappa shape index (κ2) is 3.09. The summed E-state index contributed by atoms with van der Waals surface area (Å²) in [6.45, 7) is 0. The second-order valence-corrected chi connectivity index (χ2v) is 2.38. The molecule has 1 aromatic heterocycles. The molecule has 3 N–H and O–H groups in total. The number of nitrogens with zero attached hydrogens (tertiary/aromatic N) is 2. The highest BCUT2D eigenvalue weighted by atomic mass is 16.4. The zero-order valence-electron chi connectivity index (χ0n) is 6.36. The van der Waals surface area contributed by atoms with Gasteiger partial charge in [-0.05, 0) is 12.1 Å². The van der Waals surface area contributed by atoms with Gasteiger partial charge in [0.1, 0.15) is 5.84 Å². The zero-order valence-corrected chi connectivity index (χ0v) is 6.36. The molecule has 60 valence electrons. The zero-order chi connectivity index (χ0) is 8.27. The molecule has 1 aromatic rings. The summed E-state index contributed by atoms with van der Waals surface area (Å²) in [5.41, 5.74) is 6.35. The molecule has 0 unspecified atom stereocenters. The first kappa shape index (κ1) is 7.65. The fraction of sp³-hybridized carbons (Fsp3) is 0.286. The fourth-order valence-corrected chi connectivity index (χ4v) is 0.901. The number of nitrogens with two attached hydrogens (primary N) is 1. The van der Waals surface area contributed by atoms with E-state index < -0.39 is 0 Å². The number of amidine groups is 1. The third-order valence-corrected chi connectivity index (χ3v) is 1.54. The maximum atomic E-state index is 8.28. The van der Waals surface area contributed by atoms with E-state index in [0.29, 0.717) is 6.42 Å². The highest BCUT2D eigenvalue weighted by molar-refractivity contribution is 5.81. The standard InChI is InChI=1S/C7H11N3O/c1-10-4-2-3-6(10)5-7(8)9-11/h2-4,11H,5H2,1H3,(H2,8,9). The molecule has 0 fully saturated rings. The lowest BCUT2D eigenvalue weighted by Gasteiger charge is -2.00. The molecular weight excluding hydrogens is 142 g/mol. The first-order chi connectivity index (χ1) is 5.24. The maximum Gasteiger partial charge on any atom is 0.145 e. The Labute approximate surface area is 64.9 Å². The van der Waals surface area contributed by atoms with E-state index in [2.05, 4.69) is 5.16 Å². The first-order valence-corrected chi connectivity index (χ1v) is 3.30. The minimum atomic E-state index is 0.229. The summed E-state index contributed by atoms with van der Waals surface area (Å²) in [7, 11) is 1.92. The summed E-state index contributed by atoms with van der Waals surface area (Å²) < 4.78 is 1.93. The quantitative estimate of drug-likeness (QED) is 0.278. The van der Waals surface area contributed by atoms with Gasteiger partial charge < -0.3 is 15.5 Å². The van der Waals surface area contributed by atoms with E-state index in [1.807, 2.05) is 29.9 Å². The largest absolute Gasteiger partial charge is 0.409 e. The van der Waals surface area contributed by atoms with E-state index in [0.717, 1.165) is 5.69 Å². The van der Waals surface area contributed by atoms with Crippen LogP contribution in [0.5, 0.6) is 0 Å². The Morgan fingerprint density at radius 1 is 1.82 bits per heavy atom. The SMILES string of the molecule is Cn1cccc1CC(N)=NO. The molecule has 0 aliphatic carbocycles. The van der Waals surface area contributed by atoms with Crippen LogP contribution in [-0.2, 0) is 13.5 Å². The molecule has 0 aliphatic heterocycles. The van der Waals surface area contributed by atoms with Gasteiger partial charge in [-0.2, -0.15) is 0 Å². The van der Waals surface area contributed by atoms with Gasteiger partial charge in [-0.3, -0.25) is 0 Å². The summed E-state index contributed by atoms with van der Waals surface area (Å²) in [4.78, 5) is 0. The van der Waals surface area contributed by atoms with Crippen molar-refractivity contribution >= 4 is 5.84 Å². The van der Waals surface area contributed by atoms with Gasteiger partial charge in [0.15, 0.2) is 0 Å². The van der Waals surface area contributed by atoms with Crippen molar-refractivity contribution < 1.29 is 5.21 Å². The average Bonchev–Trinajstić information content (AvgIpc) is 2.37. The van der Waals surface area contributed by atoms with E-state index in [1.165, 1.54) is 0 Å². The van der Waals surface area contributed by atoms with Crippen LogP contribution in [0.1, 0.15) is 5.69 Å². The van der Waals surface area contributed by atoms with E-state index in [1.54, 1.807) is 0 Å². The lowest BCUT2D eigenvalue weighted by molar-refractivity contribution is 0.317. The fourth-order valence-electron chi connectivity index (χ4n) is 0.901. The van der Waals surface area contributed by atoms with Crippen molar-refractivity contribution in [2.45, 2.75) is 6.42 Å². The van der Waals surface area contributed by atoms with Crippen molar-refractivity contribution in [3.63, 3.8) is 0 Å². The summed E-state index contributed by atoms with van der Waals surface area (Å²) in [5, 5.41) is 11.2. The normalized spacial score (nSPS) is 11.9. The van der Waals surface area contributed by atoms with Crippen LogP contribution < -0.4 is 5.73 Å². The van der Waals surface area contributed by atoms with Crippen LogP contribution >= 0.6 is 0 Å². The summed E-state index contributed by atoms with van der Waals surface area (Å²) in [6, 6.07) is 3.85. The van der Waals surface area contributed by atoms with Crippen molar-refractivity contribution in [2.24, 2.45) is 17.9 Å². The lowest BCUT2D eigenvalue weighted by atomic mass is 10.3. The lowest BCUT2D eigenvalue weighted by Crippen LogP contribution is -2.16. The molecule has 0 bridgehead atoms. The van der Waals surface area contributed by atoms with Crippen molar-refractivity contribution in [2.75, 3.05) is 0 Å². The third-order valence-electron chi connectivity index (χ3n) is 1.54. The highest BCUT2D eigenvalue weighted by Crippen LogP contribution is 1.99. The van der Waals surface area contributed by atoms with Gasteiger partial charge in [-0.25, -0.2) is 0 Å². The number of oxime groups is 1. The number of aromatic nitrogens is 1. The number of hydrogen-bond donors (Lipinski definition) is 2. The second-order valence-electron chi connectivity index (χ2n) is 2.38. The third kappa shape index (κ3) is 1.73. The number of hydrogen-bond acceptors (Lipinski definition) is 2. The Bertz CT molecular complexity index is 264. The Morgan fingerprint density at radius 2 is 2.55 bits per heavy atom. The van der Waals surface area contributed by atoms with Crippen LogP contribution in [0, 0.1) is 0 Å². The first-order valence-electron chi connectivity index (χ1n) is 3.30. The molecule has 11 heavy (non-hydrogen) atoms. The number of rotatable bonds is 2. The Kier molecular flexibility index (Phi) is 2.15. The minimum absolute atomic E-state index is 0.229. The predicted octanol–water partition coefficient (Wildman–Crippen LogP) is 0.314. The van der Waals surface area contributed by atoms with Gasteiger partial charge in [0.05, 0.1) is 0 Å². The molecule has 4 heteroatoms. The smallest absolute Gasteiger partial charge is 0.145 e. The molecule has 1 rings (SSSR count). The van der Waals surface area contributed by atoms with Crippen LogP contribution in [0.15, 0.2) is 23.5 Å². The van der Waals surface area contributed by atoms with Gasteiger partial charge in [0.25, 0.3) is 0 Å². The van der Waals surface area contributed by atoms with Crippen LogP contribution in [0.3, 0.4) is 0 Å². The van der Waals surface area contributed by atoms with Crippen LogP contribution in [0.4, 0.5) is 0 Å². The van der Waals surface area contributed by atoms with Crippen LogP contribution in [-0.4, -0.2) is 15.6 Å². The predicted molar refractivity (Wildman–Crippen MR) is 42.5 cm³/mol. The molecule has 0 saturated heterocycles. The van der Waals surface area contributed by atoms with Gasteiger partial charge in [0, 0.05) is 25.4 Å². The van der Waals surface area contributed by atoms with Crippen molar-refractivity contribution in [3.8, 4) is 0 Å². The van der Waals surface area contributed by atoms with Gasteiger partial charge in [-0.15, -0.1) is 0 Å². The monoisotopic (exact) mass is 153 g/mol. The van der Waals surface area contributed by atoms with E-state index in [4.69, 9.17) is 10.9 Å². The molecule has 0 amide bonds. The molecule has 0 atom stereocenters. The van der Waals surface area contributed by atoms with Gasteiger partial charge >= 0.3 is 0 Å². The van der Waals surface area contributed by atoms with Gasteiger partial charge in [-0.1, -0.05) is 5.16 Å². The summed E-state index contributed by atoms with van der Waals surface area (Å²) >= 11 is 0. The van der Waals surface area contributed by atoms with Crippen molar-refractivity contribution in [1.82, 2.24) is 4.57 Å². The molecule has 0 aromatic carbocycles. The van der Waals surface area contributed by atoms with Crippen molar-refractivity contribution in [1.29, 1.82) is 0 Å².